The molecule has 0 heterocycles. The maximum Gasteiger partial charge on any atom is 0.240 e. The molecule has 0 saturated carbocycles. The Bertz CT molecular complexity index is 537. The first kappa shape index (κ1) is 16.3. The van der Waals surface area contributed by atoms with E-state index in [4.69, 9.17) is 0 Å². The van der Waals surface area contributed by atoms with E-state index in [9.17, 15) is 17.7 Å². The minimum atomic E-state index is -3.60. The smallest absolute Gasteiger partial charge is 0.240 e. The van der Waals surface area contributed by atoms with E-state index >= 15 is 0 Å². The van der Waals surface area contributed by atoms with Crippen molar-refractivity contribution in [2.75, 3.05) is 12.8 Å². The Labute approximate surface area is 116 Å². The summed E-state index contributed by atoms with van der Waals surface area (Å²) in [6.07, 6.45) is 0.906. The van der Waals surface area contributed by atoms with Gasteiger partial charge in [-0.2, -0.15) is 0 Å². The van der Waals surface area contributed by atoms with Gasteiger partial charge in [0.25, 0.3) is 0 Å². The van der Waals surface area contributed by atoms with Crippen molar-refractivity contribution in [2.24, 2.45) is 0 Å². The highest BCUT2D eigenvalue weighted by atomic mass is 32.2. The number of aliphatic hydroxyl groups is 1. The molecule has 3 atom stereocenters. The normalized spacial score (nSPS) is 16.8. The maximum atomic E-state index is 12.0. The van der Waals surface area contributed by atoms with Crippen LogP contribution in [-0.4, -0.2) is 35.8 Å². The van der Waals surface area contributed by atoms with E-state index in [2.05, 4.69) is 4.72 Å². The highest BCUT2D eigenvalue weighted by molar-refractivity contribution is 7.89. The van der Waals surface area contributed by atoms with Gasteiger partial charge in [0.15, 0.2) is 0 Å². The number of nitrogens with one attached hydrogen (secondary N) is 1. The number of benzene rings is 1. The molecule has 2 N–H and O–H groups in total. The predicted octanol–water partition coefficient (Wildman–Crippen LogP) is 0.785. The first-order valence-electron chi connectivity index (χ1n) is 5.84. The maximum absolute atomic E-state index is 12.0. The first-order chi connectivity index (χ1) is 8.74. The Morgan fingerprint density at radius 2 is 1.79 bits per heavy atom. The third kappa shape index (κ3) is 4.68. The number of rotatable bonds is 6. The molecule has 0 aromatic heterocycles. The van der Waals surface area contributed by atoms with Crippen molar-refractivity contribution in [3.05, 3.63) is 29.8 Å². The Hall–Kier alpha value is -0.760. The summed E-state index contributed by atoms with van der Waals surface area (Å²) in [7, 11) is -4.67. The van der Waals surface area contributed by atoms with Gasteiger partial charge in [-0.1, -0.05) is 12.1 Å². The van der Waals surface area contributed by atoms with Crippen LogP contribution in [0.4, 0.5) is 0 Å². The van der Waals surface area contributed by atoms with Crippen molar-refractivity contribution in [3.63, 3.8) is 0 Å². The summed E-state index contributed by atoms with van der Waals surface area (Å²) in [5, 5.41) is 9.11. The molecule has 7 heteroatoms. The molecule has 0 amide bonds. The molecule has 0 saturated heterocycles. The molecule has 0 radical (unpaired) electrons. The minimum Gasteiger partial charge on any atom is -0.389 e. The van der Waals surface area contributed by atoms with Gasteiger partial charge in [0.05, 0.1) is 11.0 Å². The monoisotopic (exact) mass is 305 g/mol. The lowest BCUT2D eigenvalue weighted by atomic mass is 10.1. The fourth-order valence-electron chi connectivity index (χ4n) is 1.35. The molecule has 3 unspecified atom stereocenters. The topological polar surface area (TPSA) is 83.5 Å². The molecular formula is C12H19NO4S2. The van der Waals surface area contributed by atoms with Crippen molar-refractivity contribution in [2.45, 2.75) is 30.1 Å². The largest absolute Gasteiger partial charge is 0.389 e. The van der Waals surface area contributed by atoms with Crippen molar-refractivity contribution >= 4 is 20.8 Å². The molecule has 108 valence electrons. The zero-order valence-corrected chi connectivity index (χ0v) is 12.8. The summed E-state index contributed by atoms with van der Waals surface area (Å²) < 4.78 is 37.5. The predicted molar refractivity (Wildman–Crippen MR) is 75.8 cm³/mol. The standard InChI is InChI=1S/C12H19NO4S2/c1-9(18(3)15)8-13-19(16,17)12-6-4-11(5-7-12)10(2)14/h4-7,9-10,13-14H,8H2,1-3H3. The highest BCUT2D eigenvalue weighted by Crippen LogP contribution is 2.15. The quantitative estimate of drug-likeness (QED) is 0.814. The van der Waals surface area contributed by atoms with E-state index < -0.39 is 26.9 Å². The summed E-state index contributed by atoms with van der Waals surface area (Å²) in [6, 6.07) is 6.02. The van der Waals surface area contributed by atoms with Crippen molar-refractivity contribution in [3.8, 4) is 0 Å². The second kappa shape index (κ2) is 6.60. The van der Waals surface area contributed by atoms with Gasteiger partial charge < -0.3 is 5.11 Å². The molecule has 0 fully saturated rings. The van der Waals surface area contributed by atoms with Crippen LogP contribution in [0.25, 0.3) is 0 Å². The molecule has 0 aliphatic rings. The Balaban J connectivity index is 2.80. The fourth-order valence-corrected chi connectivity index (χ4v) is 2.91. The second-order valence-electron chi connectivity index (χ2n) is 4.41. The molecule has 0 aliphatic carbocycles. The van der Waals surface area contributed by atoms with Gasteiger partial charge in [0.2, 0.25) is 10.0 Å². The summed E-state index contributed by atoms with van der Waals surface area (Å²) >= 11 is 0. The van der Waals surface area contributed by atoms with Crippen LogP contribution in [0.1, 0.15) is 25.5 Å². The van der Waals surface area contributed by atoms with Gasteiger partial charge in [-0.15, -0.1) is 0 Å². The van der Waals surface area contributed by atoms with Crippen molar-refractivity contribution in [1.29, 1.82) is 0 Å². The number of hydrogen-bond acceptors (Lipinski definition) is 4. The van der Waals surface area contributed by atoms with E-state index in [1.165, 1.54) is 18.4 Å². The van der Waals surface area contributed by atoms with Crippen LogP contribution in [0.15, 0.2) is 29.2 Å². The van der Waals surface area contributed by atoms with Crippen molar-refractivity contribution in [1.82, 2.24) is 4.72 Å². The number of hydrogen-bond donors (Lipinski definition) is 2. The van der Waals surface area contributed by atoms with Gasteiger partial charge in [-0.05, 0) is 31.5 Å². The lowest BCUT2D eigenvalue weighted by molar-refractivity contribution is 0.199. The summed E-state index contributed by atoms with van der Waals surface area (Å²) in [4.78, 5) is 0.131. The SMILES string of the molecule is CC(O)c1ccc(S(=O)(=O)NCC(C)S(C)=O)cc1. The summed E-state index contributed by atoms with van der Waals surface area (Å²) in [5.41, 5.74) is 0.655. The van der Waals surface area contributed by atoms with Gasteiger partial charge in [0, 0.05) is 28.9 Å². The van der Waals surface area contributed by atoms with Crippen LogP contribution < -0.4 is 4.72 Å². The Kier molecular flexibility index (Phi) is 5.66. The van der Waals surface area contributed by atoms with E-state index in [0.29, 0.717) is 5.56 Å². The summed E-state index contributed by atoms with van der Waals surface area (Å²) in [6.45, 7) is 3.46. The molecule has 0 aliphatic heterocycles. The highest BCUT2D eigenvalue weighted by Gasteiger charge is 2.16. The van der Waals surface area contributed by atoms with E-state index in [1.54, 1.807) is 26.0 Å². The third-order valence-corrected chi connectivity index (χ3v) is 5.54. The molecule has 1 aromatic rings. The first-order valence-corrected chi connectivity index (χ1v) is 8.94. The van der Waals surface area contributed by atoms with Gasteiger partial charge in [0.1, 0.15) is 0 Å². The molecule has 0 bridgehead atoms. The Morgan fingerprint density at radius 1 is 1.26 bits per heavy atom. The zero-order chi connectivity index (χ0) is 14.6. The average molecular weight is 305 g/mol. The van der Waals surface area contributed by atoms with E-state index in [-0.39, 0.29) is 16.7 Å². The lowest BCUT2D eigenvalue weighted by Gasteiger charge is -2.11. The van der Waals surface area contributed by atoms with Crippen LogP contribution in [0.5, 0.6) is 0 Å². The average Bonchev–Trinajstić information content (AvgIpc) is 2.36. The molecule has 5 nitrogen and oxygen atoms in total. The second-order valence-corrected chi connectivity index (χ2v) is 7.97. The third-order valence-electron chi connectivity index (χ3n) is 2.80. The number of sulfonamides is 1. The minimum absolute atomic E-state index is 0.129. The molecule has 19 heavy (non-hydrogen) atoms. The fraction of sp³-hybridized carbons (Fsp3) is 0.500. The van der Waals surface area contributed by atoms with Crippen LogP contribution in [0.3, 0.4) is 0 Å². The van der Waals surface area contributed by atoms with Crippen LogP contribution in [-0.2, 0) is 20.8 Å². The molecular weight excluding hydrogens is 286 g/mol. The van der Waals surface area contributed by atoms with Gasteiger partial charge in [-0.25, -0.2) is 13.1 Å². The van der Waals surface area contributed by atoms with Gasteiger partial charge in [-0.3, -0.25) is 4.21 Å². The molecule has 1 rings (SSSR count). The van der Waals surface area contributed by atoms with Gasteiger partial charge >= 0.3 is 0 Å². The molecule has 0 spiro atoms. The Morgan fingerprint density at radius 3 is 2.21 bits per heavy atom. The van der Waals surface area contributed by atoms with Crippen LogP contribution in [0.2, 0.25) is 0 Å². The van der Waals surface area contributed by atoms with Crippen LogP contribution in [0, 0.1) is 0 Å². The lowest BCUT2D eigenvalue weighted by Crippen LogP contribution is -2.32. The summed E-state index contributed by atoms with van der Waals surface area (Å²) in [5.74, 6) is 0. The van der Waals surface area contributed by atoms with Crippen molar-refractivity contribution < 1.29 is 17.7 Å². The zero-order valence-electron chi connectivity index (χ0n) is 11.2. The number of aliphatic hydroxyl groups excluding tert-OH is 1. The van der Waals surface area contributed by atoms with E-state index in [1.807, 2.05) is 0 Å². The molecule has 1 aromatic carbocycles. The van der Waals surface area contributed by atoms with Crippen LogP contribution >= 0.6 is 0 Å². The van der Waals surface area contributed by atoms with E-state index in [0.717, 1.165) is 0 Å².